The molecule has 0 aliphatic heterocycles. The predicted molar refractivity (Wildman–Crippen MR) is 130 cm³/mol. The third-order valence-electron chi connectivity index (χ3n) is 5.34. The summed E-state index contributed by atoms with van der Waals surface area (Å²) in [7, 11) is 2.85. The first kappa shape index (κ1) is 22.7. The SMILES string of the molecule is COC(=O)n1cc(/C=C/C(=O)NCCc2ccccc2-c2ncccn2)c2cccc(OC)c21. The van der Waals surface area contributed by atoms with Crippen molar-refractivity contribution in [1.82, 2.24) is 19.9 Å². The fourth-order valence-corrected chi connectivity index (χ4v) is 3.76. The molecule has 4 rings (SSSR count). The zero-order chi connectivity index (χ0) is 23.9. The Bertz CT molecular complexity index is 1350. The van der Waals surface area contributed by atoms with Gasteiger partial charge in [-0.05, 0) is 30.2 Å². The number of carbonyl (C=O) groups is 2. The Labute approximate surface area is 196 Å². The summed E-state index contributed by atoms with van der Waals surface area (Å²) in [5.41, 5.74) is 3.27. The maximum absolute atomic E-state index is 12.5. The maximum Gasteiger partial charge on any atom is 0.418 e. The standard InChI is InChI=1S/C26H24N4O4/c1-33-22-10-5-9-20-19(17-30(24(20)22)26(32)34-2)11-12-23(31)27-16-13-18-7-3-4-8-21(18)25-28-14-6-15-29-25/h3-12,14-15,17H,13,16H2,1-2H3,(H,27,31)/b12-11+. The quantitative estimate of drug-likeness (QED) is 0.421. The summed E-state index contributed by atoms with van der Waals surface area (Å²) in [5.74, 6) is 0.949. The van der Waals surface area contributed by atoms with Gasteiger partial charge in [0.15, 0.2) is 5.82 Å². The minimum atomic E-state index is -0.542. The summed E-state index contributed by atoms with van der Waals surface area (Å²) in [5, 5.41) is 3.67. The number of amides is 1. The van der Waals surface area contributed by atoms with Crippen LogP contribution in [0.5, 0.6) is 5.75 Å². The Balaban J connectivity index is 1.46. The lowest BCUT2D eigenvalue weighted by Gasteiger charge is -2.08. The molecule has 0 fully saturated rings. The molecule has 1 amide bonds. The number of hydrogen-bond donors (Lipinski definition) is 1. The number of fused-ring (bicyclic) bond motifs is 1. The molecule has 1 N–H and O–H groups in total. The van der Waals surface area contributed by atoms with Gasteiger partial charge >= 0.3 is 6.09 Å². The van der Waals surface area contributed by atoms with E-state index >= 15 is 0 Å². The number of nitrogens with zero attached hydrogens (tertiary/aromatic N) is 3. The van der Waals surface area contributed by atoms with E-state index in [2.05, 4.69) is 15.3 Å². The molecule has 172 valence electrons. The number of rotatable bonds is 7. The Morgan fingerprint density at radius 3 is 2.59 bits per heavy atom. The summed E-state index contributed by atoms with van der Waals surface area (Å²) >= 11 is 0. The van der Waals surface area contributed by atoms with Crippen LogP contribution in [0.2, 0.25) is 0 Å². The second-order valence-electron chi connectivity index (χ2n) is 7.38. The summed E-state index contributed by atoms with van der Waals surface area (Å²) in [6.45, 7) is 0.449. The van der Waals surface area contributed by atoms with Crippen LogP contribution in [-0.2, 0) is 16.0 Å². The van der Waals surface area contributed by atoms with Crippen LogP contribution in [-0.4, -0.2) is 47.3 Å². The van der Waals surface area contributed by atoms with Crippen molar-refractivity contribution >= 4 is 29.0 Å². The Kier molecular flexibility index (Phi) is 6.98. The Morgan fingerprint density at radius 1 is 1.03 bits per heavy atom. The van der Waals surface area contributed by atoms with Gasteiger partial charge in [0.25, 0.3) is 0 Å². The number of carbonyl (C=O) groups excluding carboxylic acids is 2. The molecule has 0 aliphatic rings. The number of benzene rings is 2. The van der Waals surface area contributed by atoms with Crippen molar-refractivity contribution in [2.75, 3.05) is 20.8 Å². The minimum absolute atomic E-state index is 0.240. The molecule has 0 atom stereocenters. The highest BCUT2D eigenvalue weighted by molar-refractivity contribution is 6.01. The monoisotopic (exact) mass is 456 g/mol. The van der Waals surface area contributed by atoms with Crippen molar-refractivity contribution in [3.8, 4) is 17.1 Å². The lowest BCUT2D eigenvalue weighted by atomic mass is 10.0. The average Bonchev–Trinajstić information content (AvgIpc) is 3.27. The minimum Gasteiger partial charge on any atom is -0.495 e. The van der Waals surface area contributed by atoms with Crippen LogP contribution in [0.15, 0.2) is 73.2 Å². The van der Waals surface area contributed by atoms with Crippen molar-refractivity contribution in [3.63, 3.8) is 0 Å². The number of hydrogen-bond acceptors (Lipinski definition) is 6. The predicted octanol–water partition coefficient (Wildman–Crippen LogP) is 4.09. The second-order valence-corrected chi connectivity index (χ2v) is 7.38. The molecule has 0 aliphatic carbocycles. The molecular weight excluding hydrogens is 432 g/mol. The van der Waals surface area contributed by atoms with Gasteiger partial charge in [-0.3, -0.25) is 4.79 Å². The third kappa shape index (κ3) is 4.80. The fraction of sp³-hybridized carbons (Fsp3) is 0.154. The van der Waals surface area contributed by atoms with Gasteiger partial charge < -0.3 is 14.8 Å². The summed E-state index contributed by atoms with van der Waals surface area (Å²) < 4.78 is 11.6. The van der Waals surface area contributed by atoms with Crippen LogP contribution in [0.25, 0.3) is 28.4 Å². The Morgan fingerprint density at radius 2 is 1.82 bits per heavy atom. The van der Waals surface area contributed by atoms with Crippen LogP contribution < -0.4 is 10.1 Å². The van der Waals surface area contributed by atoms with Crippen molar-refractivity contribution in [2.45, 2.75) is 6.42 Å². The topological polar surface area (TPSA) is 95.3 Å². The average molecular weight is 457 g/mol. The van der Waals surface area contributed by atoms with Crippen molar-refractivity contribution in [2.24, 2.45) is 0 Å². The summed E-state index contributed by atoms with van der Waals surface area (Å²) in [4.78, 5) is 33.3. The number of methoxy groups -OCH3 is 2. The molecule has 0 bridgehead atoms. The van der Waals surface area contributed by atoms with Gasteiger partial charge in [-0.25, -0.2) is 19.3 Å². The summed E-state index contributed by atoms with van der Waals surface area (Å²) in [6.07, 6.45) is 8.24. The largest absolute Gasteiger partial charge is 0.495 e. The smallest absolute Gasteiger partial charge is 0.418 e. The van der Waals surface area contributed by atoms with E-state index in [1.165, 1.54) is 24.9 Å². The summed E-state index contributed by atoms with van der Waals surface area (Å²) in [6, 6.07) is 15.1. The van der Waals surface area contributed by atoms with E-state index in [9.17, 15) is 9.59 Å². The highest BCUT2D eigenvalue weighted by atomic mass is 16.5. The van der Waals surface area contributed by atoms with E-state index < -0.39 is 6.09 Å². The van der Waals surface area contributed by atoms with Crippen LogP contribution in [0.3, 0.4) is 0 Å². The van der Waals surface area contributed by atoms with E-state index in [1.54, 1.807) is 36.8 Å². The zero-order valence-electron chi connectivity index (χ0n) is 18.9. The molecule has 0 saturated carbocycles. The van der Waals surface area contributed by atoms with E-state index in [1.807, 2.05) is 36.4 Å². The lowest BCUT2D eigenvalue weighted by molar-refractivity contribution is -0.116. The van der Waals surface area contributed by atoms with Crippen LogP contribution >= 0.6 is 0 Å². The number of aromatic nitrogens is 3. The maximum atomic E-state index is 12.5. The molecule has 4 aromatic rings. The molecule has 8 heteroatoms. The fourth-order valence-electron chi connectivity index (χ4n) is 3.76. The van der Waals surface area contributed by atoms with Gasteiger partial charge in [0, 0.05) is 47.7 Å². The van der Waals surface area contributed by atoms with Gasteiger partial charge in [-0.1, -0.05) is 36.4 Å². The molecule has 0 saturated heterocycles. The molecule has 0 radical (unpaired) electrons. The highest BCUT2D eigenvalue weighted by Gasteiger charge is 2.16. The third-order valence-corrected chi connectivity index (χ3v) is 5.34. The van der Waals surface area contributed by atoms with Gasteiger partial charge in [-0.2, -0.15) is 0 Å². The molecule has 0 spiro atoms. The van der Waals surface area contributed by atoms with Gasteiger partial charge in [0.1, 0.15) is 11.3 Å². The van der Waals surface area contributed by atoms with Gasteiger partial charge in [-0.15, -0.1) is 0 Å². The zero-order valence-corrected chi connectivity index (χ0v) is 18.9. The first-order chi connectivity index (χ1) is 16.6. The Hall–Kier alpha value is -4.46. The van der Waals surface area contributed by atoms with Crippen LogP contribution in [0, 0.1) is 0 Å². The van der Waals surface area contributed by atoms with E-state index in [0.29, 0.717) is 35.6 Å². The van der Waals surface area contributed by atoms with Crippen molar-refractivity contribution in [3.05, 3.63) is 84.3 Å². The molecule has 2 aromatic heterocycles. The van der Waals surface area contributed by atoms with Crippen molar-refractivity contribution in [1.29, 1.82) is 0 Å². The van der Waals surface area contributed by atoms with E-state index in [0.717, 1.165) is 16.5 Å². The van der Waals surface area contributed by atoms with Gasteiger partial charge in [0.05, 0.1) is 14.2 Å². The molecular formula is C26H24N4O4. The van der Waals surface area contributed by atoms with E-state index in [-0.39, 0.29) is 5.91 Å². The number of para-hydroxylation sites is 1. The normalized spacial score (nSPS) is 11.0. The van der Waals surface area contributed by atoms with Crippen LogP contribution in [0.1, 0.15) is 11.1 Å². The van der Waals surface area contributed by atoms with Crippen LogP contribution in [0.4, 0.5) is 4.79 Å². The molecule has 34 heavy (non-hydrogen) atoms. The lowest BCUT2D eigenvalue weighted by Crippen LogP contribution is -2.23. The molecule has 8 nitrogen and oxygen atoms in total. The molecule has 2 aromatic carbocycles. The molecule has 0 unspecified atom stereocenters. The first-order valence-corrected chi connectivity index (χ1v) is 10.7. The molecule has 2 heterocycles. The van der Waals surface area contributed by atoms with Gasteiger partial charge in [0.2, 0.25) is 5.91 Å². The number of ether oxygens (including phenoxy) is 2. The second kappa shape index (κ2) is 10.4. The van der Waals surface area contributed by atoms with Crippen molar-refractivity contribution < 1.29 is 19.1 Å². The first-order valence-electron chi connectivity index (χ1n) is 10.7. The highest BCUT2D eigenvalue weighted by Crippen LogP contribution is 2.30. The number of nitrogens with one attached hydrogen (secondary N) is 1. The van der Waals surface area contributed by atoms with E-state index in [4.69, 9.17) is 9.47 Å².